The quantitative estimate of drug-likeness (QED) is 0.436. The molecule has 0 radical (unpaired) electrons. The molecule has 0 aromatic heterocycles. The van der Waals surface area contributed by atoms with Crippen LogP contribution >= 0.6 is 11.6 Å². The van der Waals surface area contributed by atoms with Crippen LogP contribution < -0.4 is 0 Å². The van der Waals surface area contributed by atoms with E-state index >= 15 is 0 Å². The molecular weight excluding hydrogens is 476 g/mol. The zero-order valence-electron chi connectivity index (χ0n) is 19.4. The van der Waals surface area contributed by atoms with Crippen molar-refractivity contribution in [2.45, 2.75) is 37.3 Å². The van der Waals surface area contributed by atoms with E-state index in [1.807, 2.05) is 0 Å². The summed E-state index contributed by atoms with van der Waals surface area (Å²) in [6.45, 7) is 0.158. The molecule has 178 valence electrons. The van der Waals surface area contributed by atoms with E-state index in [9.17, 15) is 28.0 Å². The van der Waals surface area contributed by atoms with Crippen molar-refractivity contribution in [3.63, 3.8) is 0 Å². The van der Waals surface area contributed by atoms with Crippen LogP contribution in [0.25, 0.3) is 0 Å². The highest BCUT2D eigenvalue weighted by atomic mass is 35.5. The van der Waals surface area contributed by atoms with Gasteiger partial charge in [-0.05, 0) is 35.7 Å². The van der Waals surface area contributed by atoms with E-state index in [0.717, 1.165) is 21.8 Å². The number of amides is 4. The van der Waals surface area contributed by atoms with Crippen molar-refractivity contribution in [2.75, 3.05) is 0 Å². The molecule has 2 aromatic rings. The maximum Gasteiger partial charge on any atom is 0.348 e. The van der Waals surface area contributed by atoms with E-state index in [-0.39, 0.29) is 36.2 Å². The van der Waals surface area contributed by atoms with E-state index in [0.29, 0.717) is 16.7 Å². The molecule has 35 heavy (non-hydrogen) atoms. The molecule has 13 heteroatoms. The van der Waals surface area contributed by atoms with Crippen LogP contribution in [0, 0.1) is 0 Å². The molecule has 0 saturated carbocycles. The Balaban J connectivity index is 1.53. The Labute approximate surface area is 208 Å². The number of carbonyl (C=O) groups excluding carboxylic acids is 4. The maximum absolute atomic E-state index is 14.9. The van der Waals surface area contributed by atoms with Crippen molar-refractivity contribution in [2.24, 2.45) is 0 Å². The molecule has 7 nitrogen and oxygen atoms in total. The predicted octanol–water partition coefficient (Wildman–Crippen LogP) is 0.162. The van der Waals surface area contributed by atoms with Crippen LogP contribution in [0.5, 0.6) is 0 Å². The minimum absolute atomic E-state index is 0.158. The predicted molar refractivity (Wildman–Crippen MR) is 132 cm³/mol. The number of fused-ring (bicyclic) bond motifs is 1. The molecule has 0 aliphatic carbocycles. The first-order chi connectivity index (χ1) is 16.4. The highest BCUT2D eigenvalue weighted by Crippen LogP contribution is 2.34. The van der Waals surface area contributed by atoms with Gasteiger partial charge in [-0.3, -0.25) is 19.2 Å². The summed E-state index contributed by atoms with van der Waals surface area (Å²) in [5.41, 5.74) is 1.16. The number of piperidine rings is 1. The molecule has 2 aliphatic heterocycles. The number of nitrogens with zero attached hydrogens (tertiary/aromatic N) is 3. The van der Waals surface area contributed by atoms with E-state index in [1.54, 1.807) is 26.0 Å². The minimum atomic E-state index is -3.75. The normalized spacial score (nSPS) is 19.1. The third kappa shape index (κ3) is 4.35. The molecule has 2 unspecified atom stereocenters. The molecule has 0 spiro atoms. The molecule has 1 saturated heterocycles. The van der Waals surface area contributed by atoms with Gasteiger partial charge >= 0.3 is 5.92 Å². The van der Waals surface area contributed by atoms with Crippen LogP contribution in [0.2, 0.25) is 5.02 Å². The Kier molecular flexibility index (Phi) is 6.53. The Hall–Kier alpha value is -3.14. The Morgan fingerprint density at radius 1 is 1.14 bits per heavy atom. The molecule has 2 aromatic carbocycles. The second kappa shape index (κ2) is 9.15. The second-order valence-corrected chi connectivity index (χ2v) is 9.30. The first-order valence-electron chi connectivity index (χ1n) is 11.1. The van der Waals surface area contributed by atoms with Gasteiger partial charge in [0.1, 0.15) is 13.9 Å². The van der Waals surface area contributed by atoms with E-state index < -0.39 is 35.3 Å². The number of carbonyl (C=O) groups is 4. The summed E-state index contributed by atoms with van der Waals surface area (Å²) in [7, 11) is 4.32. The molecule has 0 bridgehead atoms. The summed E-state index contributed by atoms with van der Waals surface area (Å²) in [4.78, 5) is 53.5. The number of alkyl halides is 2. The van der Waals surface area contributed by atoms with Gasteiger partial charge in [-0.15, -0.1) is 0 Å². The lowest BCUT2D eigenvalue weighted by molar-refractivity contribution is -0.154. The Bertz CT molecular complexity index is 1230. The van der Waals surface area contributed by atoms with Crippen LogP contribution in [-0.4, -0.2) is 68.0 Å². The Morgan fingerprint density at radius 3 is 2.46 bits per heavy atom. The van der Waals surface area contributed by atoms with Gasteiger partial charge in [-0.25, -0.2) is 0 Å². The van der Waals surface area contributed by atoms with E-state index in [2.05, 4.69) is 0 Å². The fourth-order valence-electron chi connectivity index (χ4n) is 4.47. The largest absolute Gasteiger partial charge is 0.389 e. The van der Waals surface area contributed by atoms with Gasteiger partial charge in [0.15, 0.2) is 0 Å². The summed E-state index contributed by atoms with van der Waals surface area (Å²) >= 11 is 5.77. The van der Waals surface area contributed by atoms with Crippen molar-refractivity contribution in [3.05, 3.63) is 69.7 Å². The highest BCUT2D eigenvalue weighted by molar-refractivity contribution is 6.30. The van der Waals surface area contributed by atoms with Gasteiger partial charge in [-0.1, -0.05) is 35.9 Å². The van der Waals surface area contributed by atoms with Crippen molar-refractivity contribution in [1.82, 2.24) is 14.5 Å². The number of benzene rings is 2. The van der Waals surface area contributed by atoms with Gasteiger partial charge in [0.2, 0.25) is 27.8 Å². The average molecular weight is 497 g/mol. The third-order valence-electron chi connectivity index (χ3n) is 6.82. The molecular formula is C22H21B3ClF2N3O4. The molecule has 2 heterocycles. The monoisotopic (exact) mass is 497 g/mol. The summed E-state index contributed by atoms with van der Waals surface area (Å²) in [5, 5.41) is 0.286. The minimum Gasteiger partial charge on any atom is -0.389 e. The van der Waals surface area contributed by atoms with Crippen molar-refractivity contribution < 1.29 is 28.0 Å². The molecule has 2 aliphatic rings. The summed E-state index contributed by atoms with van der Waals surface area (Å²) in [6.07, 6.45) is 0.423. The lowest BCUT2D eigenvalue weighted by Crippen LogP contribution is -2.53. The molecule has 4 amide bonds. The number of hydrogen-bond acceptors (Lipinski definition) is 4. The number of hydrogen-bond donors (Lipinski definition) is 0. The van der Waals surface area contributed by atoms with Crippen LogP contribution in [0.1, 0.15) is 45.8 Å². The van der Waals surface area contributed by atoms with Crippen LogP contribution in [0.15, 0.2) is 42.5 Å². The first-order valence-corrected chi connectivity index (χ1v) is 11.5. The van der Waals surface area contributed by atoms with Crippen LogP contribution in [0.4, 0.5) is 8.78 Å². The number of imide groups is 1. The van der Waals surface area contributed by atoms with Crippen molar-refractivity contribution >= 4 is 59.0 Å². The first kappa shape index (κ1) is 25.0. The zero-order valence-corrected chi connectivity index (χ0v) is 20.2. The fraction of sp³-hybridized carbons (Fsp3) is 0.273. The fourth-order valence-corrected chi connectivity index (χ4v) is 4.59. The van der Waals surface area contributed by atoms with Gasteiger partial charge < -0.3 is 14.5 Å². The SMILES string of the molecule is BC(c1ccc2c(c1)CN(C1CCC(=O)N(B)C1=O)C2=O)N(B)C(=O)C(F)(F)c1ccc(Cl)cc1. The molecule has 0 N–H and O–H groups in total. The third-order valence-corrected chi connectivity index (χ3v) is 7.07. The van der Waals surface area contributed by atoms with Gasteiger partial charge in [0, 0.05) is 35.1 Å². The van der Waals surface area contributed by atoms with Gasteiger partial charge in [0.25, 0.3) is 11.8 Å². The lowest BCUT2D eigenvalue weighted by atomic mass is 9.83. The van der Waals surface area contributed by atoms with Crippen molar-refractivity contribution in [1.29, 1.82) is 0 Å². The summed E-state index contributed by atoms with van der Waals surface area (Å²) in [5.74, 6) is -6.86. The van der Waals surface area contributed by atoms with E-state index in [1.165, 1.54) is 33.0 Å². The molecule has 4 rings (SSSR count). The lowest BCUT2D eigenvalue weighted by Gasteiger charge is -2.34. The highest BCUT2D eigenvalue weighted by Gasteiger charge is 2.44. The number of halogens is 3. The Morgan fingerprint density at radius 2 is 1.80 bits per heavy atom. The van der Waals surface area contributed by atoms with Crippen LogP contribution in [-0.2, 0) is 26.9 Å². The second-order valence-electron chi connectivity index (χ2n) is 8.87. The van der Waals surface area contributed by atoms with Gasteiger partial charge in [0.05, 0.1) is 0 Å². The standard InChI is InChI=1S/C22H21B3ClF2N3O4/c23-18(31(25)21(35)22(27,28)13-2-4-14(26)5-3-13)11-1-6-15-12(9-11)10-29(19(15)33)16-7-8-17(32)30(24)20(16)34/h1-6,9,16,18H,7-8,10,23-25H2. The average Bonchev–Trinajstić information content (AvgIpc) is 3.16. The smallest absolute Gasteiger partial charge is 0.348 e. The van der Waals surface area contributed by atoms with Crippen molar-refractivity contribution in [3.8, 4) is 0 Å². The molecule has 2 atom stereocenters. The van der Waals surface area contributed by atoms with Crippen LogP contribution in [0.3, 0.4) is 0 Å². The molecule has 1 fully saturated rings. The maximum atomic E-state index is 14.9. The summed E-state index contributed by atoms with van der Waals surface area (Å²) in [6, 6.07) is 9.00. The topological polar surface area (TPSA) is 78.0 Å². The van der Waals surface area contributed by atoms with E-state index in [4.69, 9.17) is 11.6 Å². The zero-order chi connectivity index (χ0) is 25.7. The van der Waals surface area contributed by atoms with Gasteiger partial charge in [-0.2, -0.15) is 8.78 Å². The summed E-state index contributed by atoms with van der Waals surface area (Å²) < 4.78 is 29.8. The number of rotatable bonds is 5.